The molecule has 0 saturated carbocycles. The molecule has 1 rings (SSSR count). The van der Waals surface area contributed by atoms with Crippen molar-refractivity contribution in [1.29, 1.82) is 5.26 Å². The summed E-state index contributed by atoms with van der Waals surface area (Å²) in [7, 11) is 1.59. The quantitative estimate of drug-likeness (QED) is 0.790. The fraction of sp³-hybridized carbons (Fsp3) is 0.467. The maximum atomic E-state index is 12.4. The Labute approximate surface area is 114 Å². The number of hydrogen-bond donors (Lipinski definition) is 0. The first kappa shape index (κ1) is 15.0. The molecule has 0 radical (unpaired) electrons. The Morgan fingerprint density at radius 2 is 2.00 bits per heavy atom. The van der Waals surface area contributed by atoms with Crippen LogP contribution in [0.25, 0.3) is 0 Å². The summed E-state index contributed by atoms with van der Waals surface area (Å²) in [6.45, 7) is 5.24. The minimum Gasteiger partial charge on any atom is -0.497 e. The minimum absolute atomic E-state index is 0.0356. The van der Waals surface area contributed by atoms with Gasteiger partial charge in [-0.25, -0.2) is 0 Å². The summed E-state index contributed by atoms with van der Waals surface area (Å²) in [6.07, 6.45) is 0.356. The van der Waals surface area contributed by atoms with Gasteiger partial charge in [0.15, 0.2) is 0 Å². The van der Waals surface area contributed by atoms with E-state index in [2.05, 4.69) is 19.9 Å². The van der Waals surface area contributed by atoms with Crippen LogP contribution in [0.2, 0.25) is 0 Å². The average molecular weight is 260 g/mol. The number of benzene rings is 1. The van der Waals surface area contributed by atoms with E-state index >= 15 is 0 Å². The lowest BCUT2D eigenvalue weighted by molar-refractivity contribution is 0.0740. The second-order valence-corrected chi connectivity index (χ2v) is 4.78. The fourth-order valence-electron chi connectivity index (χ4n) is 1.82. The van der Waals surface area contributed by atoms with Gasteiger partial charge in [0, 0.05) is 18.7 Å². The Morgan fingerprint density at radius 1 is 1.37 bits per heavy atom. The Balaban J connectivity index is 2.81. The molecule has 0 heterocycles. The standard InChI is InChI=1S/C15H20N2O2/c1-12(2)11-17(10-4-9-16)15(18)13-5-7-14(19-3)8-6-13/h5-8,12H,4,10-11H2,1-3H3. The SMILES string of the molecule is COc1ccc(C(=O)N(CCC#N)CC(C)C)cc1. The average Bonchev–Trinajstić information content (AvgIpc) is 2.42. The van der Waals surface area contributed by atoms with Crippen LogP contribution in [0, 0.1) is 17.2 Å². The van der Waals surface area contributed by atoms with Crippen molar-refractivity contribution in [2.75, 3.05) is 20.2 Å². The number of amides is 1. The van der Waals surface area contributed by atoms with Crippen molar-refractivity contribution in [2.45, 2.75) is 20.3 Å². The molecule has 1 aromatic rings. The molecule has 0 aliphatic carbocycles. The lowest BCUT2D eigenvalue weighted by atomic mass is 10.1. The van der Waals surface area contributed by atoms with E-state index in [0.29, 0.717) is 31.0 Å². The van der Waals surface area contributed by atoms with Gasteiger partial charge in [-0.3, -0.25) is 4.79 Å². The van der Waals surface area contributed by atoms with E-state index in [-0.39, 0.29) is 5.91 Å². The van der Waals surface area contributed by atoms with Crippen molar-refractivity contribution >= 4 is 5.91 Å². The Bertz CT molecular complexity index is 446. The normalized spacial score (nSPS) is 10.1. The van der Waals surface area contributed by atoms with Crippen molar-refractivity contribution in [3.63, 3.8) is 0 Å². The molecular formula is C15H20N2O2. The Hall–Kier alpha value is -2.02. The van der Waals surface area contributed by atoms with E-state index in [4.69, 9.17) is 10.00 Å². The lowest BCUT2D eigenvalue weighted by Crippen LogP contribution is -2.34. The summed E-state index contributed by atoms with van der Waals surface area (Å²) in [5.41, 5.74) is 0.624. The van der Waals surface area contributed by atoms with Crippen molar-refractivity contribution in [3.05, 3.63) is 29.8 Å². The minimum atomic E-state index is -0.0356. The number of carbonyl (C=O) groups is 1. The fourth-order valence-corrected chi connectivity index (χ4v) is 1.82. The van der Waals surface area contributed by atoms with Crippen LogP contribution in [0.5, 0.6) is 5.75 Å². The third-order valence-electron chi connectivity index (χ3n) is 2.70. The molecule has 0 aromatic heterocycles. The zero-order chi connectivity index (χ0) is 14.3. The van der Waals surface area contributed by atoms with Gasteiger partial charge in [0.2, 0.25) is 0 Å². The van der Waals surface area contributed by atoms with Crippen molar-refractivity contribution < 1.29 is 9.53 Å². The van der Waals surface area contributed by atoms with E-state index in [1.807, 2.05) is 0 Å². The third-order valence-corrected chi connectivity index (χ3v) is 2.70. The summed E-state index contributed by atoms with van der Waals surface area (Å²) < 4.78 is 5.07. The number of nitrogens with zero attached hydrogens (tertiary/aromatic N) is 2. The molecule has 19 heavy (non-hydrogen) atoms. The first-order valence-electron chi connectivity index (χ1n) is 6.38. The molecule has 0 aliphatic heterocycles. The van der Waals surface area contributed by atoms with Gasteiger partial charge in [0.1, 0.15) is 5.75 Å². The van der Waals surface area contributed by atoms with Gasteiger partial charge >= 0.3 is 0 Å². The molecule has 1 aromatic carbocycles. The van der Waals surface area contributed by atoms with E-state index in [9.17, 15) is 4.79 Å². The summed E-state index contributed by atoms with van der Waals surface area (Å²) in [6, 6.07) is 9.12. The predicted octanol–water partition coefficient (Wildman–Crippen LogP) is 2.71. The molecular weight excluding hydrogens is 240 g/mol. The van der Waals surface area contributed by atoms with Crippen LogP contribution in [0.3, 0.4) is 0 Å². The largest absolute Gasteiger partial charge is 0.497 e. The van der Waals surface area contributed by atoms with Gasteiger partial charge in [-0.1, -0.05) is 13.8 Å². The van der Waals surface area contributed by atoms with Crippen LogP contribution in [0.1, 0.15) is 30.6 Å². The monoisotopic (exact) mass is 260 g/mol. The topological polar surface area (TPSA) is 53.3 Å². The molecule has 0 unspecified atom stereocenters. The number of ether oxygens (including phenoxy) is 1. The summed E-state index contributed by atoms with van der Waals surface area (Å²) in [4.78, 5) is 14.1. The smallest absolute Gasteiger partial charge is 0.253 e. The zero-order valence-corrected chi connectivity index (χ0v) is 11.7. The van der Waals surface area contributed by atoms with Crippen LogP contribution in [0.4, 0.5) is 0 Å². The molecule has 0 atom stereocenters. The molecule has 0 bridgehead atoms. The van der Waals surface area contributed by atoms with Crippen molar-refractivity contribution in [2.24, 2.45) is 5.92 Å². The highest BCUT2D eigenvalue weighted by Crippen LogP contribution is 2.14. The first-order valence-corrected chi connectivity index (χ1v) is 6.38. The summed E-state index contributed by atoms with van der Waals surface area (Å²) >= 11 is 0. The molecule has 0 saturated heterocycles. The molecule has 0 fully saturated rings. The number of hydrogen-bond acceptors (Lipinski definition) is 3. The van der Waals surface area contributed by atoms with Crippen LogP contribution in [-0.4, -0.2) is 31.0 Å². The highest BCUT2D eigenvalue weighted by Gasteiger charge is 2.16. The van der Waals surface area contributed by atoms with Crippen molar-refractivity contribution in [3.8, 4) is 11.8 Å². The van der Waals surface area contributed by atoms with Gasteiger partial charge < -0.3 is 9.64 Å². The first-order chi connectivity index (χ1) is 9.08. The maximum absolute atomic E-state index is 12.4. The van der Waals surface area contributed by atoms with Crippen LogP contribution >= 0.6 is 0 Å². The number of nitriles is 1. The summed E-state index contributed by atoms with van der Waals surface area (Å²) in [5, 5.41) is 8.67. The van der Waals surface area contributed by atoms with Crippen LogP contribution < -0.4 is 4.74 Å². The highest BCUT2D eigenvalue weighted by atomic mass is 16.5. The van der Waals surface area contributed by atoms with Gasteiger partial charge in [0.25, 0.3) is 5.91 Å². The molecule has 0 spiro atoms. The van der Waals surface area contributed by atoms with Crippen LogP contribution in [-0.2, 0) is 0 Å². The summed E-state index contributed by atoms with van der Waals surface area (Å²) in [5.74, 6) is 1.07. The number of rotatable bonds is 6. The number of carbonyl (C=O) groups excluding carboxylic acids is 1. The predicted molar refractivity (Wildman–Crippen MR) is 74.0 cm³/mol. The second-order valence-electron chi connectivity index (χ2n) is 4.78. The third kappa shape index (κ3) is 4.63. The van der Waals surface area contributed by atoms with Gasteiger partial charge in [-0.2, -0.15) is 5.26 Å². The van der Waals surface area contributed by atoms with E-state index in [1.165, 1.54) is 0 Å². The van der Waals surface area contributed by atoms with E-state index < -0.39 is 0 Å². The Kier molecular flexibility index (Phi) is 5.87. The second kappa shape index (κ2) is 7.42. The van der Waals surface area contributed by atoms with Crippen LogP contribution in [0.15, 0.2) is 24.3 Å². The van der Waals surface area contributed by atoms with Crippen molar-refractivity contribution in [1.82, 2.24) is 4.90 Å². The van der Waals surface area contributed by atoms with Gasteiger partial charge in [-0.15, -0.1) is 0 Å². The molecule has 1 amide bonds. The molecule has 4 heteroatoms. The van der Waals surface area contributed by atoms with E-state index in [1.54, 1.807) is 36.3 Å². The molecule has 0 N–H and O–H groups in total. The molecule has 102 valence electrons. The number of methoxy groups -OCH3 is 1. The lowest BCUT2D eigenvalue weighted by Gasteiger charge is -2.23. The zero-order valence-electron chi connectivity index (χ0n) is 11.7. The maximum Gasteiger partial charge on any atom is 0.253 e. The van der Waals surface area contributed by atoms with E-state index in [0.717, 1.165) is 5.75 Å². The highest BCUT2D eigenvalue weighted by molar-refractivity contribution is 5.94. The Morgan fingerprint density at radius 3 is 2.47 bits per heavy atom. The van der Waals surface area contributed by atoms with Gasteiger partial charge in [0.05, 0.1) is 19.6 Å². The molecule has 4 nitrogen and oxygen atoms in total. The van der Waals surface area contributed by atoms with Gasteiger partial charge in [-0.05, 0) is 30.2 Å². The molecule has 0 aliphatic rings.